The standard InChI is InChI=1S/C29H29N7O4/c1-39-22-10-9-21-18-23(28(37)30-24(21)19-22)26(27-31-32-33-36(27)12-11-20-6-3-2-4-7-20)34-13-15-35(16-14-34)29(38)25-8-5-17-40-25/h2-10,17-19,26H,11-16H2,1H3,(H,30,37)/t26-/m1/s1. The van der Waals surface area contributed by atoms with Crippen LogP contribution in [0, 0.1) is 0 Å². The Bertz CT molecular complexity index is 1660. The van der Waals surface area contributed by atoms with Gasteiger partial charge in [0.25, 0.3) is 11.5 Å². The van der Waals surface area contributed by atoms with Crippen LogP contribution in [0.5, 0.6) is 5.75 Å². The van der Waals surface area contributed by atoms with Gasteiger partial charge in [-0.1, -0.05) is 30.3 Å². The molecule has 1 aliphatic rings. The second kappa shape index (κ2) is 11.1. The fourth-order valence-electron chi connectivity index (χ4n) is 5.21. The van der Waals surface area contributed by atoms with Crippen molar-refractivity contribution in [3.63, 3.8) is 0 Å². The SMILES string of the molecule is COc1ccc2cc([C@H](c3nnnn3CCc3ccccc3)N3CCN(C(=O)c4ccco4)CC3)c(=O)[nH]c2c1. The average molecular weight is 540 g/mol. The van der Waals surface area contributed by atoms with Crippen molar-refractivity contribution in [2.24, 2.45) is 0 Å². The zero-order valence-electron chi connectivity index (χ0n) is 22.1. The Morgan fingerprint density at radius 2 is 1.88 bits per heavy atom. The van der Waals surface area contributed by atoms with Crippen molar-refractivity contribution in [1.82, 2.24) is 35.0 Å². The number of rotatable bonds is 8. The minimum Gasteiger partial charge on any atom is -0.497 e. The van der Waals surface area contributed by atoms with E-state index in [2.05, 4.69) is 37.5 Å². The number of hydrogen-bond donors (Lipinski definition) is 1. The molecule has 1 amide bonds. The number of H-pyrrole nitrogens is 1. The number of methoxy groups -OCH3 is 1. The number of carbonyl (C=O) groups excluding carboxylic acids is 1. The summed E-state index contributed by atoms with van der Waals surface area (Å²) in [5.41, 5.74) is 2.17. The Balaban J connectivity index is 1.34. The van der Waals surface area contributed by atoms with E-state index in [0.29, 0.717) is 61.1 Å². The number of hydrogen-bond acceptors (Lipinski definition) is 8. The van der Waals surface area contributed by atoms with E-state index in [9.17, 15) is 9.59 Å². The number of nitrogens with zero attached hydrogens (tertiary/aromatic N) is 6. The Kier molecular flexibility index (Phi) is 7.11. The molecule has 40 heavy (non-hydrogen) atoms. The van der Waals surface area contributed by atoms with Gasteiger partial charge in [0.2, 0.25) is 0 Å². The average Bonchev–Trinajstić information content (AvgIpc) is 3.70. The van der Waals surface area contributed by atoms with Crippen molar-refractivity contribution in [1.29, 1.82) is 0 Å². The number of benzene rings is 2. The summed E-state index contributed by atoms with van der Waals surface area (Å²) in [5.74, 6) is 1.41. The highest BCUT2D eigenvalue weighted by molar-refractivity contribution is 5.91. The summed E-state index contributed by atoms with van der Waals surface area (Å²) in [6.45, 7) is 2.57. The molecule has 1 atom stereocenters. The number of piperazine rings is 1. The lowest BCUT2D eigenvalue weighted by Crippen LogP contribution is -2.50. The van der Waals surface area contributed by atoms with Crippen LogP contribution in [0.25, 0.3) is 10.9 Å². The largest absolute Gasteiger partial charge is 0.497 e. The molecular formula is C29H29N7O4. The van der Waals surface area contributed by atoms with Gasteiger partial charge in [0.05, 0.1) is 18.9 Å². The van der Waals surface area contributed by atoms with Crippen LogP contribution >= 0.6 is 0 Å². The van der Waals surface area contributed by atoms with Gasteiger partial charge in [0, 0.05) is 44.4 Å². The highest BCUT2D eigenvalue weighted by atomic mass is 16.5. The van der Waals surface area contributed by atoms with Gasteiger partial charge in [-0.05, 0) is 58.1 Å². The molecule has 0 bridgehead atoms. The molecule has 5 aromatic rings. The Morgan fingerprint density at radius 1 is 1.05 bits per heavy atom. The lowest BCUT2D eigenvalue weighted by atomic mass is 10.0. The molecule has 0 aliphatic carbocycles. The number of amides is 1. The van der Waals surface area contributed by atoms with Crippen LogP contribution in [0.4, 0.5) is 0 Å². The molecule has 204 valence electrons. The summed E-state index contributed by atoms with van der Waals surface area (Å²) < 4.78 is 12.4. The number of fused-ring (bicyclic) bond motifs is 1. The van der Waals surface area contributed by atoms with Crippen molar-refractivity contribution >= 4 is 16.8 Å². The van der Waals surface area contributed by atoms with Gasteiger partial charge >= 0.3 is 0 Å². The van der Waals surface area contributed by atoms with Crippen LogP contribution in [-0.2, 0) is 13.0 Å². The zero-order chi connectivity index (χ0) is 27.5. The molecule has 0 saturated carbocycles. The monoisotopic (exact) mass is 539 g/mol. The molecule has 1 fully saturated rings. The number of furan rings is 1. The number of aromatic amines is 1. The molecule has 4 heterocycles. The molecule has 1 aliphatic heterocycles. The smallest absolute Gasteiger partial charge is 0.289 e. The highest BCUT2D eigenvalue weighted by Crippen LogP contribution is 2.29. The van der Waals surface area contributed by atoms with Crippen LogP contribution < -0.4 is 10.3 Å². The molecule has 11 nitrogen and oxygen atoms in total. The molecule has 6 rings (SSSR count). The van der Waals surface area contributed by atoms with E-state index in [0.717, 1.165) is 11.8 Å². The van der Waals surface area contributed by atoms with E-state index in [1.807, 2.05) is 36.4 Å². The van der Waals surface area contributed by atoms with Gasteiger partial charge in [0.1, 0.15) is 11.8 Å². The lowest BCUT2D eigenvalue weighted by molar-refractivity contribution is 0.0558. The van der Waals surface area contributed by atoms with Crippen LogP contribution in [0.3, 0.4) is 0 Å². The fraction of sp³-hybridized carbons (Fsp3) is 0.276. The first-order chi connectivity index (χ1) is 19.6. The number of aromatic nitrogens is 5. The predicted octanol–water partition coefficient (Wildman–Crippen LogP) is 2.91. The predicted molar refractivity (Wildman–Crippen MR) is 147 cm³/mol. The quantitative estimate of drug-likeness (QED) is 0.319. The molecule has 1 N–H and O–H groups in total. The summed E-state index contributed by atoms with van der Waals surface area (Å²) in [5, 5.41) is 13.6. The molecule has 0 radical (unpaired) electrons. The molecule has 0 unspecified atom stereocenters. The lowest BCUT2D eigenvalue weighted by Gasteiger charge is -2.38. The summed E-state index contributed by atoms with van der Waals surface area (Å²) in [7, 11) is 1.59. The zero-order valence-corrected chi connectivity index (χ0v) is 22.1. The van der Waals surface area contributed by atoms with Crippen LogP contribution in [0.15, 0.2) is 82.2 Å². The molecule has 11 heteroatoms. The van der Waals surface area contributed by atoms with Crippen molar-refractivity contribution < 1.29 is 13.9 Å². The fourth-order valence-corrected chi connectivity index (χ4v) is 5.21. The number of carbonyl (C=O) groups is 1. The van der Waals surface area contributed by atoms with Crippen molar-refractivity contribution in [2.75, 3.05) is 33.3 Å². The van der Waals surface area contributed by atoms with Crippen molar-refractivity contribution in [3.05, 3.63) is 106 Å². The molecule has 0 spiro atoms. The van der Waals surface area contributed by atoms with Gasteiger partial charge in [-0.3, -0.25) is 14.5 Å². The number of aryl methyl sites for hydroxylation is 2. The number of tetrazole rings is 1. The van der Waals surface area contributed by atoms with Crippen molar-refractivity contribution in [3.8, 4) is 5.75 Å². The van der Waals surface area contributed by atoms with Gasteiger partial charge in [-0.15, -0.1) is 5.10 Å². The Labute approximate surface area is 230 Å². The van der Waals surface area contributed by atoms with Crippen LogP contribution in [0.1, 0.15) is 33.5 Å². The third kappa shape index (κ3) is 5.10. The van der Waals surface area contributed by atoms with E-state index in [4.69, 9.17) is 9.15 Å². The van der Waals surface area contributed by atoms with E-state index in [1.165, 1.54) is 11.8 Å². The topological polar surface area (TPSA) is 122 Å². The maximum atomic E-state index is 13.6. The number of pyridine rings is 1. The summed E-state index contributed by atoms with van der Waals surface area (Å²) >= 11 is 0. The number of ether oxygens (including phenoxy) is 1. The van der Waals surface area contributed by atoms with E-state index >= 15 is 0 Å². The van der Waals surface area contributed by atoms with Crippen molar-refractivity contribution in [2.45, 2.75) is 19.0 Å². The minimum atomic E-state index is -0.512. The molecular weight excluding hydrogens is 510 g/mol. The van der Waals surface area contributed by atoms with Gasteiger partial charge in [0.15, 0.2) is 11.6 Å². The van der Waals surface area contributed by atoms with Crippen LogP contribution in [-0.4, -0.2) is 74.2 Å². The van der Waals surface area contributed by atoms with E-state index < -0.39 is 6.04 Å². The minimum absolute atomic E-state index is 0.147. The van der Waals surface area contributed by atoms with Gasteiger partial charge < -0.3 is 19.0 Å². The first-order valence-electron chi connectivity index (χ1n) is 13.2. The first kappa shape index (κ1) is 25.5. The second-order valence-corrected chi connectivity index (χ2v) is 9.71. The Morgan fingerprint density at radius 3 is 2.62 bits per heavy atom. The molecule has 1 saturated heterocycles. The molecule has 3 aromatic heterocycles. The van der Waals surface area contributed by atoms with Gasteiger partial charge in [-0.2, -0.15) is 0 Å². The maximum Gasteiger partial charge on any atom is 0.289 e. The second-order valence-electron chi connectivity index (χ2n) is 9.71. The summed E-state index contributed by atoms with van der Waals surface area (Å²) in [6, 6.07) is 20.5. The summed E-state index contributed by atoms with van der Waals surface area (Å²) in [4.78, 5) is 33.4. The molecule has 2 aromatic carbocycles. The normalized spacial score (nSPS) is 14.9. The van der Waals surface area contributed by atoms with Crippen LogP contribution in [0.2, 0.25) is 0 Å². The van der Waals surface area contributed by atoms with E-state index in [1.54, 1.807) is 34.9 Å². The number of nitrogens with one attached hydrogen (secondary N) is 1. The highest BCUT2D eigenvalue weighted by Gasteiger charge is 2.34. The third-order valence-corrected chi connectivity index (χ3v) is 7.33. The third-order valence-electron chi connectivity index (χ3n) is 7.33. The Hall–Kier alpha value is -4.77. The summed E-state index contributed by atoms with van der Waals surface area (Å²) in [6.07, 6.45) is 2.24. The first-order valence-corrected chi connectivity index (χ1v) is 13.2. The maximum absolute atomic E-state index is 13.6. The van der Waals surface area contributed by atoms with Gasteiger partial charge in [-0.25, -0.2) is 4.68 Å². The van der Waals surface area contributed by atoms with E-state index in [-0.39, 0.29) is 11.5 Å².